The number of hydrogen-bond donors (Lipinski definition) is 0. The summed E-state index contributed by atoms with van der Waals surface area (Å²) in [7, 11) is 0. The Hall–Kier alpha value is -1.57. The average Bonchev–Trinajstić information content (AvgIpc) is 2.25. The second-order valence-electron chi connectivity index (χ2n) is 2.88. The third-order valence-corrected chi connectivity index (χ3v) is 1.66. The van der Waals surface area contributed by atoms with E-state index < -0.39 is 0 Å². The molecule has 0 aliphatic heterocycles. The van der Waals surface area contributed by atoms with Crippen LogP contribution in [0.25, 0.3) is 0 Å². The van der Waals surface area contributed by atoms with E-state index in [4.69, 9.17) is 4.74 Å². The van der Waals surface area contributed by atoms with Crippen LogP contribution < -0.4 is 4.74 Å². The Morgan fingerprint density at radius 3 is 2.71 bits per heavy atom. The highest BCUT2D eigenvalue weighted by Gasteiger charge is 1.97. The van der Waals surface area contributed by atoms with Gasteiger partial charge in [-0.2, -0.15) is 0 Å². The quantitative estimate of drug-likeness (QED) is 0.667. The molecule has 0 atom stereocenters. The van der Waals surface area contributed by atoms with Crippen molar-refractivity contribution in [2.45, 2.75) is 13.3 Å². The monoisotopic (exact) mass is 190 g/mol. The summed E-state index contributed by atoms with van der Waals surface area (Å²) in [6.07, 6.45) is 4.26. The van der Waals surface area contributed by atoms with Crippen LogP contribution in [0.3, 0.4) is 0 Å². The highest BCUT2D eigenvalue weighted by molar-refractivity contribution is 5.90. The van der Waals surface area contributed by atoms with Crippen LogP contribution >= 0.6 is 0 Å². The van der Waals surface area contributed by atoms with Crippen molar-refractivity contribution in [2.24, 2.45) is 0 Å². The smallest absolute Gasteiger partial charge is 0.192 e. The Morgan fingerprint density at radius 2 is 2.07 bits per heavy atom. The molecule has 1 aromatic carbocycles. The number of ether oxygens (including phenoxy) is 1. The van der Waals surface area contributed by atoms with Crippen molar-refractivity contribution in [3.8, 4) is 5.75 Å². The molecule has 0 saturated heterocycles. The summed E-state index contributed by atoms with van der Waals surface area (Å²) < 4.78 is 5.26. The van der Waals surface area contributed by atoms with E-state index in [1.165, 1.54) is 0 Å². The van der Waals surface area contributed by atoms with E-state index in [2.05, 4.69) is 0 Å². The maximum absolute atomic E-state index is 11.2. The lowest BCUT2D eigenvalue weighted by Crippen LogP contribution is -2.07. The number of carbonyl (C=O) groups excluding carboxylic acids is 1. The normalized spacial score (nSPS) is 10.4. The van der Waals surface area contributed by atoms with Crippen LogP contribution in [0, 0.1) is 0 Å². The van der Waals surface area contributed by atoms with E-state index in [9.17, 15) is 4.79 Å². The van der Waals surface area contributed by atoms with Crippen LogP contribution in [0.1, 0.15) is 13.3 Å². The molecule has 0 saturated carbocycles. The maximum Gasteiger partial charge on any atom is 0.192 e. The zero-order chi connectivity index (χ0) is 10.2. The Bertz CT molecular complexity index is 301. The lowest BCUT2D eigenvalue weighted by atomic mass is 10.3. The first-order valence-corrected chi connectivity index (χ1v) is 4.70. The minimum atomic E-state index is -0.00398. The summed E-state index contributed by atoms with van der Waals surface area (Å²) in [6.45, 7) is 2.10. The number of para-hydroxylation sites is 1. The van der Waals surface area contributed by atoms with Crippen molar-refractivity contribution in [1.29, 1.82) is 0 Å². The van der Waals surface area contributed by atoms with Crippen LogP contribution in [-0.2, 0) is 4.79 Å². The molecule has 2 heteroatoms. The number of hydrogen-bond acceptors (Lipinski definition) is 2. The molecule has 14 heavy (non-hydrogen) atoms. The predicted octanol–water partition coefficient (Wildman–Crippen LogP) is 2.60. The summed E-state index contributed by atoms with van der Waals surface area (Å²) in [6, 6.07) is 9.32. The molecule has 0 spiro atoms. The van der Waals surface area contributed by atoms with Crippen molar-refractivity contribution >= 4 is 5.78 Å². The number of allylic oxidation sites excluding steroid dienone is 1. The number of ketones is 1. The van der Waals surface area contributed by atoms with Crippen LogP contribution in [0.4, 0.5) is 0 Å². The molecule has 0 aliphatic rings. The molecule has 0 N–H and O–H groups in total. The van der Waals surface area contributed by atoms with Gasteiger partial charge in [0, 0.05) is 0 Å². The van der Waals surface area contributed by atoms with Crippen LogP contribution in [0.5, 0.6) is 5.75 Å². The van der Waals surface area contributed by atoms with Crippen molar-refractivity contribution in [3.63, 3.8) is 0 Å². The van der Waals surface area contributed by atoms with Crippen LogP contribution in [0.15, 0.2) is 42.5 Å². The first-order valence-electron chi connectivity index (χ1n) is 4.70. The fourth-order valence-corrected chi connectivity index (χ4v) is 0.969. The lowest BCUT2D eigenvalue weighted by Gasteiger charge is -2.01. The number of rotatable bonds is 5. The minimum absolute atomic E-state index is 0.00398. The molecule has 0 unspecified atom stereocenters. The first-order chi connectivity index (χ1) is 6.83. The van der Waals surface area contributed by atoms with Gasteiger partial charge in [0.2, 0.25) is 0 Å². The molecule has 0 heterocycles. The molecule has 1 rings (SSSR count). The molecule has 1 aromatic rings. The standard InChI is InChI=1S/C12H14O2/c1-2-3-7-11(13)10-14-12-8-5-4-6-9-12/h3-9H,2,10H2,1H3. The molecular formula is C12H14O2. The fourth-order valence-electron chi connectivity index (χ4n) is 0.969. The largest absolute Gasteiger partial charge is 0.485 e. The SMILES string of the molecule is CCC=CC(=O)COc1ccccc1. The summed E-state index contributed by atoms with van der Waals surface area (Å²) in [4.78, 5) is 11.2. The highest BCUT2D eigenvalue weighted by Crippen LogP contribution is 2.07. The zero-order valence-electron chi connectivity index (χ0n) is 8.27. The Balaban J connectivity index is 2.34. The van der Waals surface area contributed by atoms with Gasteiger partial charge in [0.1, 0.15) is 5.75 Å². The molecular weight excluding hydrogens is 176 g/mol. The summed E-state index contributed by atoms with van der Waals surface area (Å²) in [5.74, 6) is 0.724. The second kappa shape index (κ2) is 5.97. The summed E-state index contributed by atoms with van der Waals surface area (Å²) in [5, 5.41) is 0. The molecule has 0 amide bonds. The first kappa shape index (κ1) is 10.5. The van der Waals surface area contributed by atoms with Gasteiger partial charge in [0.05, 0.1) is 0 Å². The average molecular weight is 190 g/mol. The van der Waals surface area contributed by atoms with Crippen molar-refractivity contribution in [1.82, 2.24) is 0 Å². The van der Waals surface area contributed by atoms with Crippen molar-refractivity contribution in [3.05, 3.63) is 42.5 Å². The molecule has 0 bridgehead atoms. The maximum atomic E-state index is 11.2. The van der Waals surface area contributed by atoms with Gasteiger partial charge in [-0.3, -0.25) is 4.79 Å². The van der Waals surface area contributed by atoms with Crippen molar-refractivity contribution < 1.29 is 9.53 Å². The van der Waals surface area contributed by atoms with Gasteiger partial charge in [-0.05, 0) is 24.6 Å². The molecule has 0 aromatic heterocycles. The van der Waals surface area contributed by atoms with Gasteiger partial charge in [-0.1, -0.05) is 31.2 Å². The van der Waals surface area contributed by atoms with Gasteiger partial charge in [-0.15, -0.1) is 0 Å². The third kappa shape index (κ3) is 3.90. The Morgan fingerprint density at radius 1 is 1.36 bits per heavy atom. The van der Waals surface area contributed by atoms with Gasteiger partial charge < -0.3 is 4.74 Å². The number of carbonyl (C=O) groups is 1. The second-order valence-corrected chi connectivity index (χ2v) is 2.88. The summed E-state index contributed by atoms with van der Waals surface area (Å²) in [5.41, 5.74) is 0. The fraction of sp³-hybridized carbons (Fsp3) is 0.250. The van der Waals surface area contributed by atoms with Gasteiger partial charge >= 0.3 is 0 Å². The van der Waals surface area contributed by atoms with Crippen molar-refractivity contribution in [2.75, 3.05) is 6.61 Å². The van der Waals surface area contributed by atoms with Gasteiger partial charge in [-0.25, -0.2) is 0 Å². The van der Waals surface area contributed by atoms with Crippen LogP contribution in [0.2, 0.25) is 0 Å². The van der Waals surface area contributed by atoms with E-state index >= 15 is 0 Å². The van der Waals surface area contributed by atoms with E-state index in [0.29, 0.717) is 0 Å². The third-order valence-electron chi connectivity index (χ3n) is 1.66. The molecule has 0 fully saturated rings. The van der Waals surface area contributed by atoms with E-state index in [-0.39, 0.29) is 12.4 Å². The van der Waals surface area contributed by atoms with Gasteiger partial charge in [0.15, 0.2) is 12.4 Å². The number of benzene rings is 1. The lowest BCUT2D eigenvalue weighted by molar-refractivity contribution is -0.116. The Labute approximate surface area is 84.2 Å². The minimum Gasteiger partial charge on any atom is -0.485 e. The zero-order valence-corrected chi connectivity index (χ0v) is 8.27. The topological polar surface area (TPSA) is 26.3 Å². The van der Waals surface area contributed by atoms with Gasteiger partial charge in [0.25, 0.3) is 0 Å². The molecule has 2 nitrogen and oxygen atoms in total. The van der Waals surface area contributed by atoms with E-state index in [1.54, 1.807) is 6.08 Å². The molecule has 74 valence electrons. The highest BCUT2D eigenvalue weighted by atomic mass is 16.5. The molecule has 0 aliphatic carbocycles. The predicted molar refractivity (Wildman–Crippen MR) is 56.4 cm³/mol. The van der Waals surface area contributed by atoms with E-state index in [1.807, 2.05) is 43.3 Å². The van der Waals surface area contributed by atoms with E-state index in [0.717, 1.165) is 12.2 Å². The summed E-state index contributed by atoms with van der Waals surface area (Å²) >= 11 is 0. The molecule has 0 radical (unpaired) electrons. The Kier molecular flexibility index (Phi) is 4.48. The van der Waals surface area contributed by atoms with Crippen LogP contribution in [-0.4, -0.2) is 12.4 Å².